The van der Waals surface area contributed by atoms with Crippen molar-refractivity contribution in [2.24, 2.45) is 20.4 Å². The first kappa shape index (κ1) is 33.5. The Morgan fingerprint density at radius 1 is 0.643 bits per heavy atom. The number of amidine groups is 2. The zero-order valence-corrected chi connectivity index (χ0v) is 30.9. The molecule has 0 bridgehead atoms. The fourth-order valence-electron chi connectivity index (χ4n) is 8.02. The molecule has 2 heterocycles. The highest BCUT2D eigenvalue weighted by Crippen LogP contribution is 2.43. The topological polar surface area (TPSA) is 63.4 Å². The maximum Gasteiger partial charge on any atom is 0.161 e. The van der Waals surface area contributed by atoms with Gasteiger partial charge >= 0.3 is 0 Å². The van der Waals surface area contributed by atoms with E-state index in [4.69, 9.17) is 18.8 Å². The molecule has 0 N–H and O–H groups in total. The van der Waals surface area contributed by atoms with Gasteiger partial charge < -0.3 is 8.83 Å². The number of furan rings is 2. The van der Waals surface area contributed by atoms with Crippen molar-refractivity contribution >= 4 is 78.6 Å². The first-order valence-electron chi connectivity index (χ1n) is 18.9. The van der Waals surface area contributed by atoms with Crippen LogP contribution in [0.2, 0.25) is 0 Å². The standard InChI is InChI=1S/C51H37N3O2/c1-51(29-27-35(28-30-51)33-13-4-3-5-14-33)32-53-50(54-49(52-2)37-26-25-34-15-6-7-16-36(34)31-37)42-21-12-24-45-47(42)46-39(18-11-23-44(46)55-45)41-20-10-19-40-38-17-8-9-22-43(38)56-48(40)41/h3-29,31H,2,30,32H2,1H3/b53-50-,54-49-. The minimum atomic E-state index is -0.224. The number of hydrogen-bond donors (Lipinski definition) is 0. The third-order valence-corrected chi connectivity index (χ3v) is 11.0. The minimum Gasteiger partial charge on any atom is -0.456 e. The average molecular weight is 724 g/mol. The molecule has 0 spiro atoms. The number of allylic oxidation sites excluding steroid dienone is 3. The van der Waals surface area contributed by atoms with Crippen molar-refractivity contribution in [3.05, 3.63) is 187 Å². The van der Waals surface area contributed by atoms with Crippen LogP contribution in [0.4, 0.5) is 0 Å². The summed E-state index contributed by atoms with van der Waals surface area (Å²) in [6.07, 6.45) is 7.67. The predicted molar refractivity (Wildman–Crippen MR) is 234 cm³/mol. The van der Waals surface area contributed by atoms with E-state index in [-0.39, 0.29) is 5.41 Å². The lowest BCUT2D eigenvalue weighted by molar-refractivity contribution is 0.446. The molecule has 1 atom stereocenters. The van der Waals surface area contributed by atoms with Crippen LogP contribution in [0.25, 0.3) is 71.3 Å². The quantitative estimate of drug-likeness (QED) is 0.127. The zero-order chi connectivity index (χ0) is 37.6. The van der Waals surface area contributed by atoms with Crippen LogP contribution >= 0.6 is 0 Å². The summed E-state index contributed by atoms with van der Waals surface area (Å²) >= 11 is 0. The molecule has 1 unspecified atom stereocenters. The Bertz CT molecular complexity index is 3120. The summed E-state index contributed by atoms with van der Waals surface area (Å²) in [6.45, 7) is 6.75. The molecule has 1 aliphatic carbocycles. The Hall–Kier alpha value is -7.11. The lowest BCUT2D eigenvalue weighted by atomic mass is 9.81. The monoisotopic (exact) mass is 723 g/mol. The summed E-state index contributed by atoms with van der Waals surface area (Å²) in [5.74, 6) is 1.07. The van der Waals surface area contributed by atoms with Crippen LogP contribution in [0.3, 0.4) is 0 Å². The zero-order valence-electron chi connectivity index (χ0n) is 30.9. The number of aliphatic imine (C=N–C) groups is 3. The van der Waals surface area contributed by atoms with E-state index >= 15 is 0 Å². The molecule has 0 aliphatic heterocycles. The van der Waals surface area contributed by atoms with Crippen molar-refractivity contribution in [3.63, 3.8) is 0 Å². The van der Waals surface area contributed by atoms with E-state index < -0.39 is 0 Å². The molecule has 5 nitrogen and oxygen atoms in total. The van der Waals surface area contributed by atoms with E-state index in [1.165, 1.54) is 11.1 Å². The predicted octanol–water partition coefficient (Wildman–Crippen LogP) is 13.2. The molecule has 1 aliphatic rings. The molecule has 2 aromatic heterocycles. The van der Waals surface area contributed by atoms with Gasteiger partial charge in [-0.15, -0.1) is 0 Å². The normalized spacial score (nSPS) is 16.3. The number of hydrogen-bond acceptors (Lipinski definition) is 3. The van der Waals surface area contributed by atoms with E-state index in [1.54, 1.807) is 0 Å². The second-order valence-corrected chi connectivity index (χ2v) is 14.8. The van der Waals surface area contributed by atoms with E-state index in [2.05, 4.69) is 128 Å². The number of benzene rings is 7. The van der Waals surface area contributed by atoms with E-state index in [0.29, 0.717) is 18.2 Å². The van der Waals surface area contributed by atoms with Gasteiger partial charge in [0.1, 0.15) is 22.3 Å². The van der Waals surface area contributed by atoms with Crippen LogP contribution in [0.15, 0.2) is 194 Å². The molecule has 56 heavy (non-hydrogen) atoms. The first-order chi connectivity index (χ1) is 27.5. The van der Waals surface area contributed by atoms with Gasteiger partial charge in [-0.05, 0) is 64.9 Å². The third-order valence-electron chi connectivity index (χ3n) is 11.0. The van der Waals surface area contributed by atoms with Crippen LogP contribution in [-0.4, -0.2) is 24.9 Å². The van der Waals surface area contributed by atoms with Crippen LogP contribution in [0, 0.1) is 5.41 Å². The highest BCUT2D eigenvalue weighted by atomic mass is 16.3. The molecule has 9 aromatic rings. The lowest BCUT2D eigenvalue weighted by Gasteiger charge is -2.26. The number of para-hydroxylation sites is 2. The molecule has 5 heteroatoms. The van der Waals surface area contributed by atoms with Gasteiger partial charge in [-0.25, -0.2) is 9.98 Å². The summed E-state index contributed by atoms with van der Waals surface area (Å²) in [6, 6.07) is 51.9. The van der Waals surface area contributed by atoms with Gasteiger partial charge in [-0.2, -0.15) is 0 Å². The van der Waals surface area contributed by atoms with Crippen molar-refractivity contribution in [3.8, 4) is 11.1 Å². The molecule has 0 radical (unpaired) electrons. The fourth-order valence-corrected chi connectivity index (χ4v) is 8.02. The van der Waals surface area contributed by atoms with Crippen molar-refractivity contribution < 1.29 is 8.83 Å². The molecule has 10 rings (SSSR count). The maximum absolute atomic E-state index is 6.62. The first-order valence-corrected chi connectivity index (χ1v) is 18.9. The molecule has 0 saturated carbocycles. The molecular formula is C51H37N3O2. The number of rotatable bonds is 6. The summed E-state index contributed by atoms with van der Waals surface area (Å²) in [7, 11) is 0. The van der Waals surface area contributed by atoms with Crippen molar-refractivity contribution in [2.45, 2.75) is 13.3 Å². The molecule has 268 valence electrons. The van der Waals surface area contributed by atoms with Crippen molar-refractivity contribution in [1.29, 1.82) is 0 Å². The molecular weight excluding hydrogens is 687 g/mol. The van der Waals surface area contributed by atoms with Gasteiger partial charge in [-0.3, -0.25) is 4.99 Å². The van der Waals surface area contributed by atoms with Crippen molar-refractivity contribution in [1.82, 2.24) is 0 Å². The van der Waals surface area contributed by atoms with Gasteiger partial charge in [0.15, 0.2) is 11.7 Å². The lowest BCUT2D eigenvalue weighted by Crippen LogP contribution is -2.20. The summed E-state index contributed by atoms with van der Waals surface area (Å²) in [5, 5.41) is 6.33. The molecule has 7 aromatic carbocycles. The SMILES string of the molecule is C=N/C(=N\C(=N/CC1(C)C=CC(c2ccccc2)=CC1)c1cccc2oc3cccc(-c4cccc5c4oc4ccccc45)c3c12)c1ccc2ccccc2c1. The second-order valence-electron chi connectivity index (χ2n) is 14.8. The van der Waals surface area contributed by atoms with Gasteiger partial charge in [0.25, 0.3) is 0 Å². The summed E-state index contributed by atoms with van der Waals surface area (Å²) in [4.78, 5) is 15.2. The van der Waals surface area contributed by atoms with Crippen LogP contribution in [0.1, 0.15) is 30.0 Å². The number of nitrogens with zero attached hydrogens (tertiary/aromatic N) is 3. The third kappa shape index (κ3) is 5.85. The smallest absolute Gasteiger partial charge is 0.161 e. The van der Waals surface area contributed by atoms with Gasteiger partial charge in [0.2, 0.25) is 0 Å². The van der Waals surface area contributed by atoms with Crippen molar-refractivity contribution in [2.75, 3.05) is 6.54 Å². The van der Waals surface area contributed by atoms with E-state index in [9.17, 15) is 0 Å². The largest absolute Gasteiger partial charge is 0.456 e. The molecule has 0 amide bonds. The minimum absolute atomic E-state index is 0.224. The van der Waals surface area contributed by atoms with E-state index in [0.717, 1.165) is 83.3 Å². The molecule has 0 fully saturated rings. The van der Waals surface area contributed by atoms with Crippen LogP contribution < -0.4 is 0 Å². The Morgan fingerprint density at radius 2 is 1.36 bits per heavy atom. The highest BCUT2D eigenvalue weighted by Gasteiger charge is 2.25. The fraction of sp³-hybridized carbons (Fsp3) is 0.0784. The van der Waals surface area contributed by atoms with Gasteiger partial charge in [0.05, 0.1) is 6.54 Å². The Labute approximate surface area is 324 Å². The number of fused-ring (bicyclic) bond motifs is 7. The van der Waals surface area contributed by atoms with Gasteiger partial charge in [-0.1, -0.05) is 153 Å². The van der Waals surface area contributed by atoms with Crippen LogP contribution in [0.5, 0.6) is 0 Å². The van der Waals surface area contributed by atoms with Crippen LogP contribution in [-0.2, 0) is 0 Å². The second kappa shape index (κ2) is 13.6. The highest BCUT2D eigenvalue weighted by molar-refractivity contribution is 6.25. The van der Waals surface area contributed by atoms with E-state index in [1.807, 2.05) is 60.7 Å². The summed E-state index contributed by atoms with van der Waals surface area (Å²) in [5.41, 5.74) is 9.18. The average Bonchev–Trinajstić information content (AvgIpc) is 3.83. The Morgan fingerprint density at radius 3 is 2.20 bits per heavy atom. The molecule has 0 saturated heterocycles. The summed E-state index contributed by atoms with van der Waals surface area (Å²) < 4.78 is 13.2. The Balaban J connectivity index is 1.16. The Kier molecular flexibility index (Phi) is 8.14. The van der Waals surface area contributed by atoms with Gasteiger partial charge in [0, 0.05) is 43.7 Å². The maximum atomic E-state index is 6.62.